The van der Waals surface area contributed by atoms with Crippen LogP contribution in [0.25, 0.3) is 0 Å². The fourth-order valence-corrected chi connectivity index (χ4v) is 3.91. The Morgan fingerprint density at radius 3 is 2.62 bits per heavy atom. The number of hydrogen-bond acceptors (Lipinski definition) is 9. The van der Waals surface area contributed by atoms with E-state index in [2.05, 4.69) is 22.4 Å². The summed E-state index contributed by atoms with van der Waals surface area (Å²) >= 11 is 0. The van der Waals surface area contributed by atoms with Crippen molar-refractivity contribution >= 4 is 17.8 Å². The largest absolute Gasteiger partial charge is 0.493 e. The molecule has 1 aliphatic heterocycles. The van der Waals surface area contributed by atoms with Gasteiger partial charge in [-0.25, -0.2) is 9.78 Å². The highest BCUT2D eigenvalue weighted by Crippen LogP contribution is 2.30. The van der Waals surface area contributed by atoms with Gasteiger partial charge >= 0.3 is 11.9 Å². The van der Waals surface area contributed by atoms with Crippen molar-refractivity contribution in [3.05, 3.63) is 53.9 Å². The van der Waals surface area contributed by atoms with Gasteiger partial charge in [0, 0.05) is 18.9 Å². The predicted molar refractivity (Wildman–Crippen MR) is 133 cm³/mol. The topological polar surface area (TPSA) is 122 Å². The maximum absolute atomic E-state index is 13.1. The second kappa shape index (κ2) is 13.6. The minimum absolute atomic E-state index is 0.0206. The first kappa shape index (κ1) is 27.9. The molecule has 3 rings (SSSR count). The number of amides is 1. The molecule has 1 amide bonds. The summed E-state index contributed by atoms with van der Waals surface area (Å²) in [5.41, 5.74) is 1.04. The summed E-state index contributed by atoms with van der Waals surface area (Å²) in [4.78, 5) is 41.8. The van der Waals surface area contributed by atoms with E-state index >= 15 is 0 Å². The second-order valence-electron chi connectivity index (χ2n) is 9.17. The van der Waals surface area contributed by atoms with Crippen LogP contribution in [0.1, 0.15) is 43.2 Å². The van der Waals surface area contributed by atoms with E-state index in [0.29, 0.717) is 13.0 Å². The highest BCUT2D eigenvalue weighted by Gasteiger charge is 2.30. The number of aromatic nitrogens is 1. The van der Waals surface area contributed by atoms with Gasteiger partial charge in [-0.2, -0.15) is 0 Å². The minimum atomic E-state index is -1.05. The first-order valence-corrected chi connectivity index (χ1v) is 12.2. The number of nitrogens with one attached hydrogen (secondary N) is 1. The molecule has 10 heteroatoms. The van der Waals surface area contributed by atoms with Crippen LogP contribution >= 0.6 is 0 Å². The normalized spacial score (nSPS) is 20.1. The number of carbonyl (C=O) groups is 3. The molecule has 10 nitrogen and oxygen atoms in total. The van der Waals surface area contributed by atoms with Crippen LogP contribution in [0.3, 0.4) is 0 Å². The summed E-state index contributed by atoms with van der Waals surface area (Å²) in [7, 11) is 1.40. The van der Waals surface area contributed by atoms with Gasteiger partial charge in [0.1, 0.15) is 0 Å². The van der Waals surface area contributed by atoms with Gasteiger partial charge in [0.25, 0.3) is 5.91 Å². The summed E-state index contributed by atoms with van der Waals surface area (Å²) in [6.07, 6.45) is 2.43. The molecule has 0 saturated carbocycles. The summed E-state index contributed by atoms with van der Waals surface area (Å²) in [6, 6.07) is 10.5. The Morgan fingerprint density at radius 1 is 1.16 bits per heavy atom. The molecule has 0 radical (unpaired) electrons. The lowest BCUT2D eigenvalue weighted by atomic mass is 9.95. The van der Waals surface area contributed by atoms with Crippen LogP contribution in [-0.2, 0) is 30.2 Å². The van der Waals surface area contributed by atoms with Crippen LogP contribution in [0, 0.1) is 11.8 Å². The highest BCUT2D eigenvalue weighted by atomic mass is 16.7. The zero-order valence-corrected chi connectivity index (χ0v) is 21.6. The van der Waals surface area contributed by atoms with Gasteiger partial charge in [0.15, 0.2) is 23.2 Å². The van der Waals surface area contributed by atoms with Gasteiger partial charge in [-0.05, 0) is 31.2 Å². The molecule has 200 valence electrons. The van der Waals surface area contributed by atoms with Crippen LogP contribution in [-0.4, -0.2) is 62.1 Å². The molecule has 1 fully saturated rings. The lowest BCUT2D eigenvalue weighted by Gasteiger charge is -2.20. The average molecular weight is 515 g/mol. The molecule has 1 aromatic heterocycles. The van der Waals surface area contributed by atoms with Gasteiger partial charge in [0.05, 0.1) is 25.7 Å². The maximum Gasteiger partial charge on any atom is 0.331 e. The molecular formula is C27H34N2O8. The molecule has 3 atom stereocenters. The van der Waals surface area contributed by atoms with E-state index in [1.54, 1.807) is 13.8 Å². The molecule has 1 aliphatic rings. The van der Waals surface area contributed by atoms with Crippen molar-refractivity contribution in [2.24, 2.45) is 11.8 Å². The van der Waals surface area contributed by atoms with Crippen molar-refractivity contribution in [3.8, 4) is 11.5 Å². The number of ether oxygens (including phenoxy) is 5. The van der Waals surface area contributed by atoms with E-state index in [1.807, 2.05) is 25.1 Å². The molecule has 0 bridgehead atoms. The third kappa shape index (κ3) is 8.18. The maximum atomic E-state index is 13.1. The standard InChI is InChI=1S/C27H34N2O8/c1-17(2)26(31)36-16-35-24-22(33-4)10-11-28-23(24)25(30)29-21-15-34-14-20(12-18(3)37-27(21)32)13-19-8-6-5-7-9-19/h5-11,17-18,20-21H,12-16H2,1-4H3,(H,29,30)/t18?,20?,21-/m0/s1. The van der Waals surface area contributed by atoms with Crippen molar-refractivity contribution in [3.63, 3.8) is 0 Å². The molecule has 2 aromatic rings. The molecule has 37 heavy (non-hydrogen) atoms. The van der Waals surface area contributed by atoms with Crippen molar-refractivity contribution in [2.45, 2.75) is 45.8 Å². The number of esters is 2. The molecule has 2 heterocycles. The zero-order valence-electron chi connectivity index (χ0n) is 21.6. The molecule has 1 aromatic carbocycles. The van der Waals surface area contributed by atoms with Crippen molar-refractivity contribution in [1.82, 2.24) is 10.3 Å². The number of pyridine rings is 1. The van der Waals surface area contributed by atoms with Gasteiger partial charge in [-0.1, -0.05) is 44.2 Å². The van der Waals surface area contributed by atoms with Crippen molar-refractivity contribution in [1.29, 1.82) is 0 Å². The first-order chi connectivity index (χ1) is 17.8. The fraction of sp³-hybridized carbons (Fsp3) is 0.481. The number of methoxy groups -OCH3 is 1. The van der Waals surface area contributed by atoms with E-state index in [0.717, 1.165) is 6.42 Å². The van der Waals surface area contributed by atoms with Crippen molar-refractivity contribution < 1.29 is 38.1 Å². The lowest BCUT2D eigenvalue weighted by molar-refractivity contribution is -0.154. The zero-order chi connectivity index (χ0) is 26.8. The van der Waals surface area contributed by atoms with E-state index in [9.17, 15) is 14.4 Å². The van der Waals surface area contributed by atoms with Gasteiger partial charge in [0.2, 0.25) is 6.79 Å². The Hall–Kier alpha value is -3.66. The highest BCUT2D eigenvalue weighted by molar-refractivity contribution is 5.98. The van der Waals surface area contributed by atoms with Crippen LogP contribution in [0.5, 0.6) is 11.5 Å². The first-order valence-electron chi connectivity index (χ1n) is 12.2. The number of carbonyl (C=O) groups excluding carboxylic acids is 3. The van der Waals surface area contributed by atoms with Crippen LogP contribution in [0.2, 0.25) is 0 Å². The Morgan fingerprint density at radius 2 is 1.92 bits per heavy atom. The summed E-state index contributed by atoms with van der Waals surface area (Å²) in [6.45, 7) is 5.12. The van der Waals surface area contributed by atoms with Crippen LogP contribution in [0.15, 0.2) is 42.6 Å². The minimum Gasteiger partial charge on any atom is -0.493 e. The monoisotopic (exact) mass is 514 g/mol. The smallest absolute Gasteiger partial charge is 0.331 e. The second-order valence-corrected chi connectivity index (χ2v) is 9.17. The third-order valence-corrected chi connectivity index (χ3v) is 5.76. The Balaban J connectivity index is 1.68. The molecule has 1 saturated heterocycles. The van der Waals surface area contributed by atoms with E-state index < -0.39 is 30.7 Å². The summed E-state index contributed by atoms with van der Waals surface area (Å²) in [5, 5.41) is 2.63. The molecule has 2 unspecified atom stereocenters. The Labute approximate surface area is 216 Å². The molecular weight excluding hydrogens is 480 g/mol. The number of rotatable bonds is 9. The van der Waals surface area contributed by atoms with E-state index in [4.69, 9.17) is 23.7 Å². The molecule has 0 spiro atoms. The van der Waals surface area contributed by atoms with Crippen molar-refractivity contribution in [2.75, 3.05) is 27.1 Å². The number of cyclic esters (lactones) is 1. The quantitative estimate of drug-likeness (QED) is 0.397. The van der Waals surface area contributed by atoms with E-state index in [1.165, 1.54) is 24.9 Å². The third-order valence-electron chi connectivity index (χ3n) is 5.76. The Bertz CT molecular complexity index is 1060. The van der Waals surface area contributed by atoms with Crippen LogP contribution < -0.4 is 14.8 Å². The lowest BCUT2D eigenvalue weighted by Crippen LogP contribution is -2.45. The summed E-state index contributed by atoms with van der Waals surface area (Å²) in [5.74, 6) is -1.75. The number of benzene rings is 1. The number of nitrogens with zero attached hydrogens (tertiary/aromatic N) is 1. The summed E-state index contributed by atoms with van der Waals surface area (Å²) < 4.78 is 27.3. The van der Waals surface area contributed by atoms with Gasteiger partial charge in [-0.15, -0.1) is 0 Å². The number of hydrogen-bond donors (Lipinski definition) is 1. The molecule has 0 aliphatic carbocycles. The van der Waals surface area contributed by atoms with Gasteiger partial charge < -0.3 is 29.0 Å². The SMILES string of the molecule is COc1ccnc(C(=O)N[C@H]2COCC(Cc3ccccc3)CC(C)OC2=O)c1OCOC(=O)C(C)C. The fourth-order valence-electron chi connectivity index (χ4n) is 3.91. The van der Waals surface area contributed by atoms with Crippen LogP contribution in [0.4, 0.5) is 0 Å². The van der Waals surface area contributed by atoms with Gasteiger partial charge in [-0.3, -0.25) is 9.59 Å². The van der Waals surface area contributed by atoms with E-state index in [-0.39, 0.29) is 41.7 Å². The predicted octanol–water partition coefficient (Wildman–Crippen LogP) is 2.94. The average Bonchev–Trinajstić information content (AvgIpc) is 2.93. The molecule has 1 N–H and O–H groups in total. The Kier molecular flexibility index (Phi) is 10.3.